The summed E-state index contributed by atoms with van der Waals surface area (Å²) in [5, 5.41) is 18.0. The Labute approximate surface area is 157 Å². The molecule has 0 fully saturated rings. The zero-order chi connectivity index (χ0) is 17.9. The third-order valence-corrected chi connectivity index (χ3v) is 4.86. The average Bonchev–Trinajstić information content (AvgIpc) is 3.06. The molecular weight excluding hydrogens is 350 g/mol. The van der Waals surface area contributed by atoms with Gasteiger partial charge in [-0.15, -0.1) is 0 Å². The van der Waals surface area contributed by atoms with Crippen LogP contribution >= 0.6 is 11.6 Å². The van der Waals surface area contributed by atoms with Crippen molar-refractivity contribution in [1.29, 1.82) is 0 Å². The number of rotatable bonds is 4. The molecule has 0 radical (unpaired) electrons. The zero-order valence-electron chi connectivity index (χ0n) is 14.3. The predicted octanol–water partition coefficient (Wildman–Crippen LogP) is 3.87. The molecule has 3 aromatic rings. The molecule has 2 aromatic carbocycles. The van der Waals surface area contributed by atoms with Gasteiger partial charge in [-0.3, -0.25) is 10.00 Å². The number of aromatic nitrogens is 2. The van der Waals surface area contributed by atoms with E-state index in [9.17, 15) is 5.11 Å². The van der Waals surface area contributed by atoms with E-state index in [2.05, 4.69) is 21.2 Å². The van der Waals surface area contributed by atoms with Crippen LogP contribution in [0, 0.1) is 0 Å². The van der Waals surface area contributed by atoms with Crippen molar-refractivity contribution in [2.24, 2.45) is 0 Å². The lowest BCUT2D eigenvalue weighted by Crippen LogP contribution is -2.27. The maximum atomic E-state index is 10.5. The second-order valence-corrected chi connectivity index (χ2v) is 6.91. The normalized spacial score (nSPS) is 14.5. The van der Waals surface area contributed by atoms with Crippen LogP contribution in [0.2, 0.25) is 5.02 Å². The van der Waals surface area contributed by atoms with Gasteiger partial charge in [-0.05, 0) is 47.4 Å². The molecular formula is C20H20ClN3O2. The lowest BCUT2D eigenvalue weighted by Gasteiger charge is -2.19. The summed E-state index contributed by atoms with van der Waals surface area (Å²) in [6, 6.07) is 11.5. The van der Waals surface area contributed by atoms with Crippen molar-refractivity contribution in [1.82, 2.24) is 15.1 Å². The van der Waals surface area contributed by atoms with E-state index >= 15 is 0 Å². The van der Waals surface area contributed by atoms with E-state index in [4.69, 9.17) is 16.3 Å². The van der Waals surface area contributed by atoms with Gasteiger partial charge in [-0.1, -0.05) is 23.7 Å². The number of benzene rings is 2. The third-order valence-electron chi connectivity index (χ3n) is 4.62. The lowest BCUT2D eigenvalue weighted by atomic mass is 10.0. The van der Waals surface area contributed by atoms with Crippen LogP contribution in [0.1, 0.15) is 11.1 Å². The molecule has 0 spiro atoms. The highest BCUT2D eigenvalue weighted by Gasteiger charge is 2.20. The van der Waals surface area contributed by atoms with E-state index in [1.165, 1.54) is 5.56 Å². The lowest BCUT2D eigenvalue weighted by molar-refractivity contribution is 0.225. The Morgan fingerprint density at radius 3 is 2.96 bits per heavy atom. The van der Waals surface area contributed by atoms with Crippen molar-refractivity contribution in [3.63, 3.8) is 0 Å². The van der Waals surface area contributed by atoms with Crippen LogP contribution in [0.5, 0.6) is 11.5 Å². The van der Waals surface area contributed by atoms with Crippen LogP contribution in [-0.4, -0.2) is 39.9 Å². The molecule has 0 atom stereocenters. The van der Waals surface area contributed by atoms with Gasteiger partial charge >= 0.3 is 0 Å². The minimum Gasteiger partial charge on any atom is -0.504 e. The third kappa shape index (κ3) is 3.69. The van der Waals surface area contributed by atoms with E-state index in [1.54, 1.807) is 6.07 Å². The van der Waals surface area contributed by atoms with Crippen LogP contribution in [0.3, 0.4) is 0 Å². The van der Waals surface area contributed by atoms with Crippen molar-refractivity contribution < 1.29 is 9.84 Å². The molecule has 0 unspecified atom stereocenters. The van der Waals surface area contributed by atoms with Crippen molar-refractivity contribution >= 4 is 11.6 Å². The predicted molar refractivity (Wildman–Crippen MR) is 102 cm³/mol. The Kier molecular flexibility index (Phi) is 4.82. The Balaban J connectivity index is 1.59. The topological polar surface area (TPSA) is 61.4 Å². The van der Waals surface area contributed by atoms with Crippen LogP contribution < -0.4 is 4.74 Å². The minimum atomic E-state index is 0.175. The number of nitrogens with zero attached hydrogens (tertiary/aromatic N) is 2. The summed E-state index contributed by atoms with van der Waals surface area (Å²) < 4.78 is 5.82. The number of aromatic hydroxyl groups is 1. The number of nitrogens with one attached hydrogen (secondary N) is 1. The first-order chi connectivity index (χ1) is 12.7. The molecule has 26 heavy (non-hydrogen) atoms. The Morgan fingerprint density at radius 2 is 2.15 bits per heavy atom. The molecule has 6 heteroatoms. The molecule has 0 saturated heterocycles. The molecule has 1 aromatic heterocycles. The number of hydrogen-bond donors (Lipinski definition) is 2. The number of halogens is 1. The van der Waals surface area contributed by atoms with Crippen molar-refractivity contribution in [2.45, 2.75) is 13.0 Å². The summed E-state index contributed by atoms with van der Waals surface area (Å²) >= 11 is 6.11. The molecule has 1 aliphatic heterocycles. The standard InChI is InChI=1S/C20H20ClN3O2/c21-18-3-1-2-15(9-18)16-8-17-13-24(5-4-14-11-22-23-12-14)6-7-26-20(17)19(25)10-16/h1-3,8-12,25H,4-7,13H2,(H,22,23). The quantitative estimate of drug-likeness (QED) is 0.732. The molecule has 134 valence electrons. The first-order valence-corrected chi connectivity index (χ1v) is 9.01. The second kappa shape index (κ2) is 7.40. The van der Waals surface area contributed by atoms with Crippen molar-refractivity contribution in [3.8, 4) is 22.6 Å². The van der Waals surface area contributed by atoms with Gasteiger partial charge < -0.3 is 9.84 Å². The highest BCUT2D eigenvalue weighted by molar-refractivity contribution is 6.30. The number of aromatic amines is 1. The first-order valence-electron chi connectivity index (χ1n) is 8.64. The van der Waals surface area contributed by atoms with Gasteiger partial charge in [0.25, 0.3) is 0 Å². The summed E-state index contributed by atoms with van der Waals surface area (Å²) in [6.07, 6.45) is 4.70. The molecule has 0 saturated carbocycles. The number of phenols is 1. The van der Waals surface area contributed by atoms with E-state index in [0.29, 0.717) is 17.4 Å². The highest BCUT2D eigenvalue weighted by atomic mass is 35.5. The summed E-state index contributed by atoms with van der Waals surface area (Å²) in [6.45, 7) is 3.01. The highest BCUT2D eigenvalue weighted by Crippen LogP contribution is 2.38. The molecule has 1 aliphatic rings. The fourth-order valence-electron chi connectivity index (χ4n) is 3.28. The molecule has 0 aliphatic carbocycles. The fourth-order valence-corrected chi connectivity index (χ4v) is 3.47. The second-order valence-electron chi connectivity index (χ2n) is 6.48. The van der Waals surface area contributed by atoms with Gasteiger partial charge in [0, 0.05) is 36.4 Å². The Morgan fingerprint density at radius 1 is 1.23 bits per heavy atom. The molecule has 4 rings (SSSR count). The summed E-state index contributed by atoms with van der Waals surface area (Å²) in [5.74, 6) is 0.760. The maximum absolute atomic E-state index is 10.5. The number of hydrogen-bond acceptors (Lipinski definition) is 4. The van der Waals surface area contributed by atoms with Crippen molar-refractivity contribution in [2.75, 3.05) is 19.7 Å². The molecule has 0 bridgehead atoms. The van der Waals surface area contributed by atoms with E-state index in [-0.39, 0.29) is 5.75 Å². The van der Waals surface area contributed by atoms with Gasteiger partial charge in [0.1, 0.15) is 6.61 Å². The van der Waals surface area contributed by atoms with Crippen LogP contribution in [-0.2, 0) is 13.0 Å². The van der Waals surface area contributed by atoms with E-state index in [0.717, 1.165) is 42.7 Å². The zero-order valence-corrected chi connectivity index (χ0v) is 15.0. The SMILES string of the molecule is Oc1cc(-c2cccc(Cl)c2)cc2c1OCCN(CCc1cn[nH]c1)C2. The maximum Gasteiger partial charge on any atom is 0.165 e. The van der Waals surface area contributed by atoms with Gasteiger partial charge in [0.05, 0.1) is 6.20 Å². The number of ether oxygens (including phenoxy) is 1. The van der Waals surface area contributed by atoms with Gasteiger partial charge in [0.2, 0.25) is 0 Å². The summed E-state index contributed by atoms with van der Waals surface area (Å²) in [5.41, 5.74) is 4.09. The smallest absolute Gasteiger partial charge is 0.165 e. The summed E-state index contributed by atoms with van der Waals surface area (Å²) in [7, 11) is 0. The Hall–Kier alpha value is -2.50. The fraction of sp³-hybridized carbons (Fsp3) is 0.250. The number of phenolic OH excluding ortho intramolecular Hbond substituents is 1. The largest absolute Gasteiger partial charge is 0.504 e. The van der Waals surface area contributed by atoms with Crippen LogP contribution in [0.4, 0.5) is 0 Å². The minimum absolute atomic E-state index is 0.175. The molecule has 5 nitrogen and oxygen atoms in total. The van der Waals surface area contributed by atoms with E-state index < -0.39 is 0 Å². The number of H-pyrrole nitrogens is 1. The number of fused-ring (bicyclic) bond motifs is 1. The Bertz CT molecular complexity index is 896. The van der Waals surface area contributed by atoms with Crippen molar-refractivity contribution in [3.05, 3.63) is 64.9 Å². The average molecular weight is 370 g/mol. The van der Waals surface area contributed by atoms with Gasteiger partial charge in [-0.25, -0.2) is 0 Å². The van der Waals surface area contributed by atoms with Crippen LogP contribution in [0.15, 0.2) is 48.8 Å². The van der Waals surface area contributed by atoms with Gasteiger partial charge in [0.15, 0.2) is 11.5 Å². The van der Waals surface area contributed by atoms with Gasteiger partial charge in [-0.2, -0.15) is 5.10 Å². The monoisotopic (exact) mass is 369 g/mol. The molecule has 2 N–H and O–H groups in total. The van der Waals surface area contributed by atoms with E-state index in [1.807, 2.05) is 36.7 Å². The summed E-state index contributed by atoms with van der Waals surface area (Å²) in [4.78, 5) is 2.33. The molecule has 0 amide bonds. The van der Waals surface area contributed by atoms with Crippen LogP contribution in [0.25, 0.3) is 11.1 Å². The first kappa shape index (κ1) is 16.9. The molecule has 2 heterocycles.